The molecule has 1 aromatic rings. The summed E-state index contributed by atoms with van der Waals surface area (Å²) in [6, 6.07) is 8.31. The lowest BCUT2D eigenvalue weighted by atomic mass is 9.86. The van der Waals surface area contributed by atoms with Crippen molar-refractivity contribution in [2.45, 2.75) is 51.2 Å². The summed E-state index contributed by atoms with van der Waals surface area (Å²) in [5, 5.41) is 0. The minimum atomic E-state index is -0.222. The van der Waals surface area contributed by atoms with Gasteiger partial charge in [-0.1, -0.05) is 12.1 Å². The molecule has 4 heteroatoms. The molecule has 2 atom stereocenters. The number of hydrogen-bond acceptors (Lipinski definition) is 3. The van der Waals surface area contributed by atoms with Gasteiger partial charge in [0, 0.05) is 37.8 Å². The third-order valence-corrected chi connectivity index (χ3v) is 4.12. The summed E-state index contributed by atoms with van der Waals surface area (Å²) in [4.78, 5) is 16.4. The average molecular weight is 289 g/mol. The van der Waals surface area contributed by atoms with Gasteiger partial charge in [0.1, 0.15) is 0 Å². The van der Waals surface area contributed by atoms with Gasteiger partial charge < -0.3 is 15.5 Å². The van der Waals surface area contributed by atoms with E-state index in [4.69, 9.17) is 5.73 Å². The third kappa shape index (κ3) is 3.21. The summed E-state index contributed by atoms with van der Waals surface area (Å²) >= 11 is 0. The number of nitrogens with zero attached hydrogens (tertiary/aromatic N) is 2. The van der Waals surface area contributed by atoms with Gasteiger partial charge in [-0.05, 0) is 44.9 Å². The van der Waals surface area contributed by atoms with Crippen molar-refractivity contribution in [2.24, 2.45) is 5.73 Å². The molecule has 1 heterocycles. The average Bonchev–Trinajstić information content (AvgIpc) is 2.40. The van der Waals surface area contributed by atoms with Gasteiger partial charge in [0.25, 0.3) is 0 Å². The van der Waals surface area contributed by atoms with E-state index in [1.165, 1.54) is 0 Å². The van der Waals surface area contributed by atoms with Gasteiger partial charge in [0.2, 0.25) is 5.91 Å². The van der Waals surface area contributed by atoms with Gasteiger partial charge in [-0.3, -0.25) is 4.79 Å². The van der Waals surface area contributed by atoms with Gasteiger partial charge in [0.15, 0.2) is 0 Å². The maximum absolute atomic E-state index is 12.4. The smallest absolute Gasteiger partial charge is 0.223 e. The predicted molar refractivity (Wildman–Crippen MR) is 87.3 cm³/mol. The largest absolute Gasteiger partial charge is 0.378 e. The van der Waals surface area contributed by atoms with Gasteiger partial charge in [-0.2, -0.15) is 0 Å². The SMILES string of the molecule is CN(C)c1ccc(C2C(N)CCC(=O)N2C(C)(C)C)cc1. The molecule has 21 heavy (non-hydrogen) atoms. The maximum atomic E-state index is 12.4. The molecule has 1 aliphatic rings. The molecule has 0 saturated carbocycles. The highest BCUT2D eigenvalue weighted by Gasteiger charge is 2.40. The zero-order valence-electron chi connectivity index (χ0n) is 13.8. The Bertz CT molecular complexity index is 502. The fourth-order valence-corrected chi connectivity index (χ4v) is 3.07. The molecule has 4 nitrogen and oxygen atoms in total. The van der Waals surface area contributed by atoms with Crippen molar-refractivity contribution in [3.63, 3.8) is 0 Å². The first-order chi connectivity index (χ1) is 9.71. The molecule has 1 aromatic carbocycles. The van der Waals surface area contributed by atoms with Crippen molar-refractivity contribution in [1.29, 1.82) is 0 Å². The highest BCUT2D eigenvalue weighted by molar-refractivity contribution is 5.78. The molecule has 0 aromatic heterocycles. The molecule has 0 aliphatic carbocycles. The van der Waals surface area contributed by atoms with Crippen LogP contribution in [0.15, 0.2) is 24.3 Å². The van der Waals surface area contributed by atoms with Crippen molar-refractivity contribution in [1.82, 2.24) is 4.90 Å². The van der Waals surface area contributed by atoms with E-state index >= 15 is 0 Å². The van der Waals surface area contributed by atoms with Crippen LogP contribution in [0.4, 0.5) is 5.69 Å². The Morgan fingerprint density at radius 2 is 1.76 bits per heavy atom. The van der Waals surface area contributed by atoms with E-state index in [9.17, 15) is 4.79 Å². The fraction of sp³-hybridized carbons (Fsp3) is 0.588. The molecule has 0 spiro atoms. The lowest BCUT2D eigenvalue weighted by Crippen LogP contribution is -2.56. The monoisotopic (exact) mass is 289 g/mol. The van der Waals surface area contributed by atoms with Crippen LogP contribution in [0.25, 0.3) is 0 Å². The van der Waals surface area contributed by atoms with Crippen molar-refractivity contribution in [3.8, 4) is 0 Å². The van der Waals surface area contributed by atoms with E-state index < -0.39 is 0 Å². The summed E-state index contributed by atoms with van der Waals surface area (Å²) in [5.41, 5.74) is 8.40. The highest BCUT2D eigenvalue weighted by atomic mass is 16.2. The predicted octanol–water partition coefficient (Wildman–Crippen LogP) is 2.54. The van der Waals surface area contributed by atoms with Crippen LogP contribution < -0.4 is 10.6 Å². The number of carbonyl (C=O) groups is 1. The molecule has 2 N–H and O–H groups in total. The Kier molecular flexibility index (Phi) is 4.28. The molecule has 2 rings (SSSR count). The number of amides is 1. The van der Waals surface area contributed by atoms with Crippen LogP contribution >= 0.6 is 0 Å². The zero-order valence-corrected chi connectivity index (χ0v) is 13.8. The van der Waals surface area contributed by atoms with Gasteiger partial charge >= 0.3 is 0 Å². The molecular weight excluding hydrogens is 262 g/mol. The number of nitrogens with two attached hydrogens (primary N) is 1. The lowest BCUT2D eigenvalue weighted by molar-refractivity contribution is -0.144. The minimum absolute atomic E-state index is 0.00729. The summed E-state index contributed by atoms with van der Waals surface area (Å²) in [6.45, 7) is 6.22. The molecule has 0 bridgehead atoms. The Morgan fingerprint density at radius 1 is 1.19 bits per heavy atom. The van der Waals surface area contributed by atoms with Crippen LogP contribution in [0.2, 0.25) is 0 Å². The number of rotatable bonds is 2. The van der Waals surface area contributed by atoms with Crippen LogP contribution in [0, 0.1) is 0 Å². The topological polar surface area (TPSA) is 49.6 Å². The number of hydrogen-bond donors (Lipinski definition) is 1. The summed E-state index contributed by atoms with van der Waals surface area (Å²) in [6.07, 6.45) is 1.30. The molecule has 1 saturated heterocycles. The van der Waals surface area contributed by atoms with E-state index in [0.717, 1.165) is 17.7 Å². The highest BCUT2D eigenvalue weighted by Crippen LogP contribution is 2.36. The first kappa shape index (κ1) is 15.8. The second-order valence-corrected chi connectivity index (χ2v) is 7.07. The molecule has 2 unspecified atom stereocenters. The molecular formula is C17H27N3O. The van der Waals surface area contributed by atoms with Crippen LogP contribution in [-0.4, -0.2) is 36.5 Å². The number of benzene rings is 1. The van der Waals surface area contributed by atoms with Gasteiger partial charge in [-0.15, -0.1) is 0 Å². The summed E-state index contributed by atoms with van der Waals surface area (Å²) < 4.78 is 0. The van der Waals surface area contributed by atoms with Gasteiger partial charge in [-0.25, -0.2) is 0 Å². The number of piperidine rings is 1. The van der Waals surface area contributed by atoms with Crippen LogP contribution in [0.5, 0.6) is 0 Å². The fourth-order valence-electron chi connectivity index (χ4n) is 3.07. The van der Waals surface area contributed by atoms with E-state index in [-0.39, 0.29) is 23.5 Å². The molecule has 1 aliphatic heterocycles. The van der Waals surface area contributed by atoms with Crippen LogP contribution in [0.3, 0.4) is 0 Å². The van der Waals surface area contributed by atoms with Crippen LogP contribution in [-0.2, 0) is 4.79 Å². The lowest BCUT2D eigenvalue weighted by Gasteiger charge is -2.47. The van der Waals surface area contributed by atoms with Crippen molar-refractivity contribution in [2.75, 3.05) is 19.0 Å². The van der Waals surface area contributed by atoms with E-state index in [0.29, 0.717) is 6.42 Å². The molecule has 0 radical (unpaired) electrons. The minimum Gasteiger partial charge on any atom is -0.378 e. The number of anilines is 1. The Balaban J connectivity index is 2.39. The summed E-state index contributed by atoms with van der Waals surface area (Å²) in [7, 11) is 4.04. The van der Waals surface area contributed by atoms with E-state index in [1.807, 2.05) is 19.0 Å². The number of likely N-dealkylation sites (tertiary alicyclic amines) is 1. The van der Waals surface area contributed by atoms with E-state index in [2.05, 4.69) is 49.9 Å². The third-order valence-electron chi connectivity index (χ3n) is 4.12. The van der Waals surface area contributed by atoms with Crippen molar-refractivity contribution >= 4 is 11.6 Å². The van der Waals surface area contributed by atoms with Crippen LogP contribution in [0.1, 0.15) is 45.2 Å². The second-order valence-electron chi connectivity index (χ2n) is 7.07. The van der Waals surface area contributed by atoms with E-state index in [1.54, 1.807) is 0 Å². The quantitative estimate of drug-likeness (QED) is 0.910. The number of carbonyl (C=O) groups excluding carboxylic acids is 1. The first-order valence-corrected chi connectivity index (χ1v) is 7.57. The van der Waals surface area contributed by atoms with Gasteiger partial charge in [0.05, 0.1) is 6.04 Å². The second kappa shape index (κ2) is 5.68. The molecule has 1 fully saturated rings. The Morgan fingerprint density at radius 3 is 2.24 bits per heavy atom. The molecule has 1 amide bonds. The van der Waals surface area contributed by atoms with Crippen molar-refractivity contribution < 1.29 is 4.79 Å². The normalized spacial score (nSPS) is 23.3. The maximum Gasteiger partial charge on any atom is 0.223 e. The molecule has 116 valence electrons. The Labute approximate surface area is 127 Å². The standard InChI is InChI=1S/C17H27N3O/c1-17(2,3)20-15(21)11-10-14(18)16(20)12-6-8-13(9-7-12)19(4)5/h6-9,14,16H,10-11,18H2,1-5H3. The summed E-state index contributed by atoms with van der Waals surface area (Å²) in [5.74, 6) is 0.200. The zero-order chi connectivity index (χ0) is 15.8. The van der Waals surface area contributed by atoms with Crippen molar-refractivity contribution in [3.05, 3.63) is 29.8 Å². The first-order valence-electron chi connectivity index (χ1n) is 7.57. The Hall–Kier alpha value is -1.55.